The number of rotatable bonds is 9. The molecule has 0 aromatic heterocycles. The van der Waals surface area contributed by atoms with Gasteiger partial charge < -0.3 is 29.2 Å². The first kappa shape index (κ1) is 23.8. The zero-order valence-corrected chi connectivity index (χ0v) is 18.6. The van der Waals surface area contributed by atoms with Crippen LogP contribution < -0.4 is 0 Å². The van der Waals surface area contributed by atoms with Gasteiger partial charge in [0, 0.05) is 6.42 Å². The third-order valence-corrected chi connectivity index (χ3v) is 5.79. The van der Waals surface area contributed by atoms with Crippen LogP contribution in [-0.4, -0.2) is 58.9 Å². The predicted octanol–water partition coefficient (Wildman–Crippen LogP) is 3.40. The molecule has 7 atom stereocenters. The Balaban J connectivity index is 1.97. The molecule has 28 heavy (non-hydrogen) atoms. The van der Waals surface area contributed by atoms with Gasteiger partial charge in [-0.1, -0.05) is 26.0 Å². The molecule has 2 fully saturated rings. The molecular formula is C22H40O6. The lowest BCUT2D eigenvalue weighted by atomic mass is 9.88. The lowest BCUT2D eigenvalue weighted by Crippen LogP contribution is -2.41. The largest absolute Gasteiger partial charge is 0.393 e. The number of aliphatic hydroxyl groups is 2. The maximum atomic E-state index is 10.8. The van der Waals surface area contributed by atoms with E-state index in [0.717, 1.165) is 12.0 Å². The summed E-state index contributed by atoms with van der Waals surface area (Å²) in [6.07, 6.45) is -0.606. The topological polar surface area (TPSA) is 77.4 Å². The maximum absolute atomic E-state index is 10.8. The minimum Gasteiger partial charge on any atom is -0.393 e. The molecule has 2 aliphatic rings. The van der Waals surface area contributed by atoms with Gasteiger partial charge in [-0.05, 0) is 59.3 Å². The quantitative estimate of drug-likeness (QED) is 0.578. The lowest BCUT2D eigenvalue weighted by Gasteiger charge is -2.29. The van der Waals surface area contributed by atoms with E-state index < -0.39 is 29.9 Å². The average Bonchev–Trinajstić information content (AvgIpc) is 3.05. The summed E-state index contributed by atoms with van der Waals surface area (Å²) < 4.78 is 23.7. The molecule has 2 saturated heterocycles. The smallest absolute Gasteiger partial charge is 0.163 e. The molecule has 164 valence electrons. The van der Waals surface area contributed by atoms with Crippen LogP contribution in [0.5, 0.6) is 0 Å². The van der Waals surface area contributed by atoms with Gasteiger partial charge in [0.25, 0.3) is 0 Å². The second-order valence-corrected chi connectivity index (χ2v) is 9.67. The summed E-state index contributed by atoms with van der Waals surface area (Å²) in [6, 6.07) is 0. The molecule has 0 aromatic carbocycles. The highest BCUT2D eigenvalue weighted by Crippen LogP contribution is 2.38. The molecule has 2 rings (SSSR count). The van der Waals surface area contributed by atoms with Gasteiger partial charge in [-0.15, -0.1) is 0 Å². The third kappa shape index (κ3) is 6.51. The Kier molecular flexibility index (Phi) is 7.73. The standard InChI is InChI=1S/C22H40O6/c1-13(2)14(3)9-16(23)11-18(24)20-19(27-22(7,8)28-20)15(4)10-17-12-25-21(5,6)26-17/h14-20,23-24H,1,9-12H2,2-8H3/t14-,15-,16-,17-,18+,19+,20+/m1/s1. The van der Waals surface area contributed by atoms with Crippen molar-refractivity contribution in [2.75, 3.05) is 6.61 Å². The van der Waals surface area contributed by atoms with Gasteiger partial charge in [0.2, 0.25) is 0 Å². The minimum absolute atomic E-state index is 0.00267. The van der Waals surface area contributed by atoms with Crippen molar-refractivity contribution in [1.82, 2.24) is 0 Å². The zero-order chi connectivity index (χ0) is 21.3. The fourth-order valence-electron chi connectivity index (χ4n) is 4.10. The van der Waals surface area contributed by atoms with E-state index in [-0.39, 0.29) is 30.5 Å². The highest BCUT2D eigenvalue weighted by atomic mass is 16.8. The van der Waals surface area contributed by atoms with E-state index in [2.05, 4.69) is 13.5 Å². The lowest BCUT2D eigenvalue weighted by molar-refractivity contribution is -0.160. The van der Waals surface area contributed by atoms with Crippen LogP contribution in [0.25, 0.3) is 0 Å². The second kappa shape index (κ2) is 9.11. The van der Waals surface area contributed by atoms with Gasteiger partial charge in [-0.3, -0.25) is 0 Å². The normalized spacial score (nSPS) is 33.4. The molecule has 0 saturated carbocycles. The summed E-state index contributed by atoms with van der Waals surface area (Å²) in [7, 11) is 0. The van der Waals surface area contributed by atoms with Crippen molar-refractivity contribution in [3.8, 4) is 0 Å². The van der Waals surface area contributed by atoms with Crippen LogP contribution in [-0.2, 0) is 18.9 Å². The van der Waals surface area contributed by atoms with Crippen molar-refractivity contribution in [3.63, 3.8) is 0 Å². The van der Waals surface area contributed by atoms with Crippen molar-refractivity contribution in [1.29, 1.82) is 0 Å². The molecule has 0 radical (unpaired) electrons. The molecule has 0 aromatic rings. The fraction of sp³-hybridized carbons (Fsp3) is 0.909. The molecule has 2 N–H and O–H groups in total. The van der Waals surface area contributed by atoms with Gasteiger partial charge in [0.15, 0.2) is 11.6 Å². The summed E-state index contributed by atoms with van der Waals surface area (Å²) in [5.41, 5.74) is 1.03. The first-order valence-electron chi connectivity index (χ1n) is 10.5. The molecule has 0 bridgehead atoms. The summed E-state index contributed by atoms with van der Waals surface area (Å²) in [5, 5.41) is 21.2. The third-order valence-electron chi connectivity index (χ3n) is 5.79. The van der Waals surface area contributed by atoms with E-state index in [1.165, 1.54) is 0 Å². The van der Waals surface area contributed by atoms with Crippen LogP contribution in [0, 0.1) is 11.8 Å². The minimum atomic E-state index is -0.807. The Morgan fingerprint density at radius 2 is 1.61 bits per heavy atom. The van der Waals surface area contributed by atoms with E-state index >= 15 is 0 Å². The van der Waals surface area contributed by atoms with Gasteiger partial charge in [-0.25, -0.2) is 0 Å². The van der Waals surface area contributed by atoms with Crippen molar-refractivity contribution in [2.45, 2.75) is 110 Å². The van der Waals surface area contributed by atoms with Crippen LogP contribution in [0.4, 0.5) is 0 Å². The maximum Gasteiger partial charge on any atom is 0.163 e. The number of ether oxygens (including phenoxy) is 4. The van der Waals surface area contributed by atoms with E-state index in [0.29, 0.717) is 13.0 Å². The SMILES string of the molecule is C=C(C)[C@H](C)C[C@@H](O)C[C@H](O)[C@@H]1OC(C)(C)O[C@H]1[C@H](C)C[C@@H]1COC(C)(C)O1. The van der Waals surface area contributed by atoms with Gasteiger partial charge in [-0.2, -0.15) is 0 Å². The Morgan fingerprint density at radius 3 is 2.14 bits per heavy atom. The zero-order valence-electron chi connectivity index (χ0n) is 18.6. The molecule has 6 nitrogen and oxygen atoms in total. The predicted molar refractivity (Wildman–Crippen MR) is 108 cm³/mol. The van der Waals surface area contributed by atoms with Crippen LogP contribution in [0.2, 0.25) is 0 Å². The number of aliphatic hydroxyl groups excluding tert-OH is 2. The van der Waals surface area contributed by atoms with Crippen molar-refractivity contribution in [2.24, 2.45) is 11.8 Å². The van der Waals surface area contributed by atoms with Crippen molar-refractivity contribution >= 4 is 0 Å². The molecule has 0 aliphatic carbocycles. The Labute approximate surface area is 170 Å². The number of hydrogen-bond acceptors (Lipinski definition) is 6. The summed E-state index contributed by atoms with van der Waals surface area (Å²) in [6.45, 7) is 18.1. The molecule has 0 unspecified atom stereocenters. The van der Waals surface area contributed by atoms with Crippen LogP contribution in [0.3, 0.4) is 0 Å². The molecule has 6 heteroatoms. The van der Waals surface area contributed by atoms with Gasteiger partial charge >= 0.3 is 0 Å². The van der Waals surface area contributed by atoms with Crippen LogP contribution >= 0.6 is 0 Å². The molecular weight excluding hydrogens is 360 g/mol. The summed E-state index contributed by atoms with van der Waals surface area (Å²) >= 11 is 0. The highest BCUT2D eigenvalue weighted by Gasteiger charge is 2.48. The van der Waals surface area contributed by atoms with Crippen molar-refractivity contribution in [3.05, 3.63) is 12.2 Å². The second-order valence-electron chi connectivity index (χ2n) is 9.67. The summed E-state index contributed by atoms with van der Waals surface area (Å²) in [5.74, 6) is -1.01. The Bertz CT molecular complexity index is 531. The van der Waals surface area contributed by atoms with E-state index in [1.807, 2.05) is 41.5 Å². The van der Waals surface area contributed by atoms with Crippen molar-refractivity contribution < 1.29 is 29.2 Å². The number of allylic oxidation sites excluding steroid dienone is 1. The molecule has 0 spiro atoms. The van der Waals surface area contributed by atoms with Gasteiger partial charge in [0.1, 0.15) is 6.10 Å². The van der Waals surface area contributed by atoms with Crippen LogP contribution in [0.15, 0.2) is 12.2 Å². The first-order chi connectivity index (χ1) is 12.8. The monoisotopic (exact) mass is 400 g/mol. The average molecular weight is 401 g/mol. The first-order valence-corrected chi connectivity index (χ1v) is 10.5. The van der Waals surface area contributed by atoms with E-state index in [1.54, 1.807) is 0 Å². The van der Waals surface area contributed by atoms with E-state index in [9.17, 15) is 10.2 Å². The fourth-order valence-corrected chi connectivity index (χ4v) is 4.10. The molecule has 2 aliphatic heterocycles. The van der Waals surface area contributed by atoms with E-state index in [4.69, 9.17) is 18.9 Å². The Morgan fingerprint density at radius 1 is 1.00 bits per heavy atom. The van der Waals surface area contributed by atoms with Crippen LogP contribution in [0.1, 0.15) is 67.7 Å². The summed E-state index contributed by atoms with van der Waals surface area (Å²) in [4.78, 5) is 0. The highest BCUT2D eigenvalue weighted by molar-refractivity contribution is 4.96. The Hall–Kier alpha value is -0.500. The molecule has 2 heterocycles. The number of hydrogen-bond donors (Lipinski definition) is 2. The molecule has 0 amide bonds. The van der Waals surface area contributed by atoms with Gasteiger partial charge in [0.05, 0.1) is 31.0 Å².